The van der Waals surface area contributed by atoms with Gasteiger partial charge < -0.3 is 28.4 Å². The molecule has 0 bridgehead atoms. The molecule has 2 aliphatic carbocycles. The summed E-state index contributed by atoms with van der Waals surface area (Å²) in [6.07, 6.45) is 9.88. The number of unbranched alkanes of at least 4 members (excludes halogenated alkanes) is 3. The van der Waals surface area contributed by atoms with Crippen LogP contribution in [0, 0.1) is 30.6 Å². The third kappa shape index (κ3) is 14.7. The first-order chi connectivity index (χ1) is 35.6. The number of aromatic nitrogens is 1. The average molecular weight is 1010 g/mol. The standard InChI is InChI=1S/C58H59N3O11S/c1-3-53(62)68-36-12-5-4-11-35-67-46-29-31-48(32-30-46)70-55(64)40-19-21-42(22-20-40)56(65)71-49-33-34-51(72-57(66)43-25-23-41(24-26-43)54(63)69-47-27-17-39(2)18-28-47)44(37-49)38-59-61(45-13-7-6-8-14-45)58-60-50-15-9-10-16-52(50)73-58/h3,6-10,13-18,27-34,37-38,40-43H,1,4-5,11-12,19-26,35-36H2,2H3/b59-38+/t40-,41-,42-,43-. The predicted molar refractivity (Wildman–Crippen MR) is 278 cm³/mol. The van der Waals surface area contributed by atoms with E-state index in [1.165, 1.54) is 11.3 Å². The molecule has 0 spiro atoms. The van der Waals surface area contributed by atoms with E-state index < -0.39 is 29.7 Å². The van der Waals surface area contributed by atoms with E-state index in [1.807, 2.05) is 73.7 Å². The minimum atomic E-state index is -0.443. The van der Waals surface area contributed by atoms with Crippen LogP contribution in [0.2, 0.25) is 0 Å². The number of rotatable bonds is 21. The molecule has 2 fully saturated rings. The molecule has 0 atom stereocenters. The molecule has 0 aliphatic heterocycles. The molecule has 378 valence electrons. The molecule has 0 amide bonds. The van der Waals surface area contributed by atoms with Crippen molar-refractivity contribution in [3.63, 3.8) is 0 Å². The smallest absolute Gasteiger partial charge is 0.330 e. The van der Waals surface area contributed by atoms with Gasteiger partial charge in [-0.05, 0) is 163 Å². The van der Waals surface area contributed by atoms with Gasteiger partial charge in [-0.3, -0.25) is 19.2 Å². The number of fused-ring (bicyclic) bond motifs is 1. The average Bonchev–Trinajstić information content (AvgIpc) is 3.85. The molecule has 0 N–H and O–H groups in total. The Kier molecular flexibility index (Phi) is 18.2. The first-order valence-corrected chi connectivity index (χ1v) is 25.7. The number of nitrogens with zero attached hydrogens (tertiary/aromatic N) is 3. The zero-order chi connectivity index (χ0) is 50.9. The number of aryl methyl sites for hydroxylation is 1. The summed E-state index contributed by atoms with van der Waals surface area (Å²) in [5.41, 5.74) is 3.03. The summed E-state index contributed by atoms with van der Waals surface area (Å²) in [5.74, 6) is -1.47. The van der Waals surface area contributed by atoms with Gasteiger partial charge in [0.15, 0.2) is 0 Å². The van der Waals surface area contributed by atoms with Crippen molar-refractivity contribution >= 4 is 68.4 Å². The number of thiazole rings is 1. The minimum Gasteiger partial charge on any atom is -0.494 e. The summed E-state index contributed by atoms with van der Waals surface area (Å²) in [4.78, 5) is 69.7. The SMILES string of the molecule is C=CC(=O)OCCCCCCOc1ccc(OC(=O)[C@H]2CC[C@H](C(=O)Oc3ccc(OC(=O)[C@H]4CC[C@H](C(=O)Oc5ccc(C)cc5)CC4)c(/C=N/N(c4ccccc4)c4nc5ccccc5s4)c3)CC2)cc1. The summed E-state index contributed by atoms with van der Waals surface area (Å²) in [6, 6.07) is 36.5. The van der Waals surface area contributed by atoms with Crippen molar-refractivity contribution in [2.45, 2.75) is 84.0 Å². The second-order valence-corrected chi connectivity index (χ2v) is 19.3. The Balaban J connectivity index is 0.879. The van der Waals surface area contributed by atoms with Crippen LogP contribution in [0.5, 0.6) is 28.7 Å². The zero-order valence-electron chi connectivity index (χ0n) is 40.9. The molecule has 0 unspecified atom stereocenters. The minimum absolute atomic E-state index is 0.224. The Hall–Kier alpha value is -7.65. The van der Waals surface area contributed by atoms with Crippen LogP contribution >= 0.6 is 11.3 Å². The molecule has 5 aromatic carbocycles. The highest BCUT2D eigenvalue weighted by Gasteiger charge is 2.34. The van der Waals surface area contributed by atoms with E-state index in [1.54, 1.807) is 65.8 Å². The van der Waals surface area contributed by atoms with E-state index in [2.05, 4.69) is 6.58 Å². The maximum absolute atomic E-state index is 13.8. The lowest BCUT2D eigenvalue weighted by atomic mass is 9.82. The van der Waals surface area contributed by atoms with Crippen LogP contribution < -0.4 is 28.7 Å². The molecular formula is C58H59N3O11S. The zero-order valence-corrected chi connectivity index (χ0v) is 41.7. The number of benzene rings is 5. The maximum atomic E-state index is 13.8. The van der Waals surface area contributed by atoms with Gasteiger partial charge in [-0.1, -0.05) is 65.9 Å². The van der Waals surface area contributed by atoms with Crippen molar-refractivity contribution in [3.8, 4) is 28.7 Å². The van der Waals surface area contributed by atoms with Crippen molar-refractivity contribution in [2.75, 3.05) is 18.2 Å². The Morgan fingerprint density at radius 3 is 1.70 bits per heavy atom. The molecule has 8 rings (SSSR count). The molecule has 2 aliphatic rings. The summed E-state index contributed by atoms with van der Waals surface area (Å²) in [7, 11) is 0. The fraction of sp³-hybridized carbons (Fsp3) is 0.328. The first kappa shape index (κ1) is 51.7. The highest BCUT2D eigenvalue weighted by atomic mass is 32.1. The number of carbonyl (C=O) groups excluding carboxylic acids is 5. The van der Waals surface area contributed by atoms with Crippen molar-refractivity contribution in [3.05, 3.63) is 145 Å². The predicted octanol–water partition coefficient (Wildman–Crippen LogP) is 12.1. The lowest BCUT2D eigenvalue weighted by molar-refractivity contribution is -0.145. The molecule has 0 radical (unpaired) electrons. The third-order valence-electron chi connectivity index (χ3n) is 13.0. The normalized spacial score (nSPS) is 17.5. The van der Waals surface area contributed by atoms with Crippen molar-refractivity contribution in [2.24, 2.45) is 28.8 Å². The van der Waals surface area contributed by atoms with Crippen molar-refractivity contribution < 1.29 is 52.4 Å². The lowest BCUT2D eigenvalue weighted by Gasteiger charge is -2.26. The number of carbonyl (C=O) groups is 5. The van der Waals surface area contributed by atoms with Gasteiger partial charge in [0.05, 0.1) is 59.0 Å². The number of ether oxygens (including phenoxy) is 6. The van der Waals surface area contributed by atoms with E-state index in [0.29, 0.717) is 92.5 Å². The molecule has 2 saturated carbocycles. The van der Waals surface area contributed by atoms with E-state index in [0.717, 1.165) is 53.2 Å². The summed E-state index contributed by atoms with van der Waals surface area (Å²) in [5, 5.41) is 7.22. The van der Waals surface area contributed by atoms with Crippen LogP contribution in [0.15, 0.2) is 139 Å². The number of hydrogen-bond donors (Lipinski definition) is 0. The quantitative estimate of drug-likeness (QED) is 0.0167. The van der Waals surface area contributed by atoms with Gasteiger partial charge in [-0.25, -0.2) is 14.8 Å². The van der Waals surface area contributed by atoms with E-state index in [4.69, 9.17) is 38.5 Å². The maximum Gasteiger partial charge on any atom is 0.330 e. The van der Waals surface area contributed by atoms with Crippen LogP contribution in [0.3, 0.4) is 0 Å². The second-order valence-electron chi connectivity index (χ2n) is 18.3. The number of esters is 5. The van der Waals surface area contributed by atoms with E-state index >= 15 is 0 Å². The summed E-state index contributed by atoms with van der Waals surface area (Å²) in [6.45, 7) is 6.26. The third-order valence-corrected chi connectivity index (χ3v) is 14.0. The molecule has 15 heteroatoms. The fourth-order valence-corrected chi connectivity index (χ4v) is 9.70. The number of hydrogen-bond acceptors (Lipinski definition) is 15. The monoisotopic (exact) mass is 1010 g/mol. The molecule has 6 aromatic rings. The Morgan fingerprint density at radius 2 is 1.11 bits per heavy atom. The molecule has 1 heterocycles. The molecule has 14 nitrogen and oxygen atoms in total. The van der Waals surface area contributed by atoms with Crippen molar-refractivity contribution in [1.82, 2.24) is 4.98 Å². The molecule has 0 saturated heterocycles. The van der Waals surface area contributed by atoms with Gasteiger partial charge >= 0.3 is 29.8 Å². The van der Waals surface area contributed by atoms with Gasteiger partial charge in [0.25, 0.3) is 0 Å². The summed E-state index contributed by atoms with van der Waals surface area (Å²) >= 11 is 1.48. The largest absolute Gasteiger partial charge is 0.494 e. The van der Waals surface area contributed by atoms with Crippen LogP contribution in [-0.2, 0) is 28.7 Å². The van der Waals surface area contributed by atoms with Gasteiger partial charge in [-0.2, -0.15) is 5.10 Å². The van der Waals surface area contributed by atoms with Gasteiger partial charge in [0.2, 0.25) is 5.13 Å². The van der Waals surface area contributed by atoms with Crippen LogP contribution in [0.25, 0.3) is 10.2 Å². The Bertz CT molecular complexity index is 2840. The van der Waals surface area contributed by atoms with Crippen LogP contribution in [-0.4, -0.2) is 54.3 Å². The van der Waals surface area contributed by atoms with E-state index in [-0.39, 0.29) is 35.3 Å². The number of anilines is 2. The second kappa shape index (κ2) is 25.6. The molecule has 1 aromatic heterocycles. The number of para-hydroxylation sites is 2. The van der Waals surface area contributed by atoms with Crippen molar-refractivity contribution in [1.29, 1.82) is 0 Å². The van der Waals surface area contributed by atoms with Gasteiger partial charge in [-0.15, -0.1) is 0 Å². The fourth-order valence-electron chi connectivity index (χ4n) is 8.76. The molecular weight excluding hydrogens is 947 g/mol. The molecule has 73 heavy (non-hydrogen) atoms. The Labute approximate surface area is 428 Å². The van der Waals surface area contributed by atoms with Gasteiger partial charge in [0.1, 0.15) is 28.7 Å². The Morgan fingerprint density at radius 1 is 0.603 bits per heavy atom. The number of hydrazone groups is 1. The highest BCUT2D eigenvalue weighted by Crippen LogP contribution is 2.37. The lowest BCUT2D eigenvalue weighted by Crippen LogP contribution is -2.30. The summed E-state index contributed by atoms with van der Waals surface area (Å²) < 4.78 is 35.3. The van der Waals surface area contributed by atoms with Crippen LogP contribution in [0.1, 0.15) is 88.2 Å². The van der Waals surface area contributed by atoms with E-state index in [9.17, 15) is 24.0 Å². The topological polar surface area (TPSA) is 169 Å². The highest BCUT2D eigenvalue weighted by molar-refractivity contribution is 7.22. The van der Waals surface area contributed by atoms with Gasteiger partial charge in [0, 0.05) is 11.6 Å². The van der Waals surface area contributed by atoms with Crippen LogP contribution in [0.4, 0.5) is 10.8 Å². The first-order valence-electron chi connectivity index (χ1n) is 24.9.